The molecule has 1 aromatic carbocycles. The summed E-state index contributed by atoms with van der Waals surface area (Å²) in [5.41, 5.74) is 6.63. The topological polar surface area (TPSA) is 142 Å². The molecule has 12 heteroatoms. The maximum absolute atomic E-state index is 13.0. The Balaban J connectivity index is 1.85. The molecule has 0 saturated carbocycles. The summed E-state index contributed by atoms with van der Waals surface area (Å²) in [5, 5.41) is 3.90. The Hall–Kier alpha value is -3.90. The van der Waals surface area contributed by atoms with Gasteiger partial charge in [0.15, 0.2) is 11.4 Å². The molecule has 0 atom stereocenters. The molecule has 0 bridgehead atoms. The summed E-state index contributed by atoms with van der Waals surface area (Å²) in [7, 11) is 1.21. The first-order valence-corrected chi connectivity index (χ1v) is 15.2. The molecule has 3 aromatic rings. The average molecular weight is 528 g/mol. The van der Waals surface area contributed by atoms with Gasteiger partial charge >= 0.3 is 0 Å². The number of carbonyl (C=O) groups is 2. The van der Waals surface area contributed by atoms with E-state index in [0.29, 0.717) is 5.75 Å². The molecule has 2 amide bonds. The molecule has 0 unspecified atom stereocenters. The predicted molar refractivity (Wildman–Crippen MR) is 143 cm³/mol. The fourth-order valence-electron chi connectivity index (χ4n) is 3.42. The standard InChI is InChI=1S/C25H33N5O6Si/c1-15-8-9-17(37(5,6)7)14-19(15)36-20-11-10-18(35-20)22(32)27-21-23(33-3)28-25(29-24(21)34-4)30(13-12-26)16(2)31/h8-11,14H,12-13,26H2,1-7H3,(H,27,32). The van der Waals surface area contributed by atoms with E-state index in [1.165, 1.54) is 37.3 Å². The number of carbonyl (C=O) groups excluding carboxylic acids is 2. The third kappa shape index (κ3) is 6.46. The summed E-state index contributed by atoms with van der Waals surface area (Å²) in [6.07, 6.45) is 0. The van der Waals surface area contributed by atoms with E-state index in [4.69, 9.17) is 24.4 Å². The number of benzene rings is 1. The van der Waals surface area contributed by atoms with Crippen LogP contribution in [0.2, 0.25) is 19.6 Å². The maximum atomic E-state index is 13.0. The highest BCUT2D eigenvalue weighted by atomic mass is 28.3. The fourth-order valence-corrected chi connectivity index (χ4v) is 4.56. The number of hydrogen-bond acceptors (Lipinski definition) is 9. The van der Waals surface area contributed by atoms with E-state index in [1.807, 2.05) is 19.1 Å². The van der Waals surface area contributed by atoms with E-state index in [-0.39, 0.29) is 54.1 Å². The highest BCUT2D eigenvalue weighted by molar-refractivity contribution is 6.88. The van der Waals surface area contributed by atoms with E-state index in [2.05, 4.69) is 41.0 Å². The van der Waals surface area contributed by atoms with Crippen molar-refractivity contribution < 1.29 is 28.2 Å². The Morgan fingerprint density at radius 1 is 1.08 bits per heavy atom. The number of anilines is 2. The van der Waals surface area contributed by atoms with Gasteiger partial charge in [0.1, 0.15) is 5.75 Å². The van der Waals surface area contributed by atoms with Gasteiger partial charge in [-0.3, -0.25) is 14.5 Å². The van der Waals surface area contributed by atoms with Gasteiger partial charge in [0.05, 0.1) is 22.3 Å². The van der Waals surface area contributed by atoms with Crippen LogP contribution in [0, 0.1) is 6.92 Å². The Kier molecular flexibility index (Phi) is 8.56. The summed E-state index contributed by atoms with van der Waals surface area (Å²) in [5.74, 6) is -0.0298. The van der Waals surface area contributed by atoms with Crippen LogP contribution in [-0.4, -0.2) is 57.2 Å². The lowest BCUT2D eigenvalue weighted by atomic mass is 10.2. The SMILES string of the molecule is COc1nc(N(CCN)C(C)=O)nc(OC)c1NC(=O)c1ccc(Oc2cc([Si](C)(C)C)ccc2C)o1. The van der Waals surface area contributed by atoms with Crippen molar-refractivity contribution in [1.82, 2.24) is 9.97 Å². The van der Waals surface area contributed by atoms with Gasteiger partial charge in [-0.15, -0.1) is 0 Å². The van der Waals surface area contributed by atoms with Crippen molar-refractivity contribution in [2.24, 2.45) is 5.73 Å². The quantitative estimate of drug-likeness (QED) is 0.380. The second-order valence-electron chi connectivity index (χ2n) is 9.28. The largest absolute Gasteiger partial charge is 0.479 e. The molecule has 2 heterocycles. The lowest BCUT2D eigenvalue weighted by Crippen LogP contribution is -2.37. The highest BCUT2D eigenvalue weighted by Crippen LogP contribution is 2.34. The second-order valence-corrected chi connectivity index (χ2v) is 14.4. The number of furan rings is 1. The third-order valence-corrected chi connectivity index (χ3v) is 7.54. The summed E-state index contributed by atoms with van der Waals surface area (Å²) in [6, 6.07) is 9.22. The third-order valence-electron chi connectivity index (χ3n) is 5.50. The Morgan fingerprint density at radius 2 is 1.73 bits per heavy atom. The monoisotopic (exact) mass is 527 g/mol. The minimum atomic E-state index is -1.54. The zero-order chi connectivity index (χ0) is 27.3. The number of hydrogen-bond donors (Lipinski definition) is 2. The zero-order valence-electron chi connectivity index (χ0n) is 22.2. The zero-order valence-corrected chi connectivity index (χ0v) is 23.2. The molecular formula is C25H33N5O6Si. The molecular weight excluding hydrogens is 494 g/mol. The van der Waals surface area contributed by atoms with Crippen molar-refractivity contribution in [2.45, 2.75) is 33.5 Å². The van der Waals surface area contributed by atoms with Gasteiger partial charge in [0.25, 0.3) is 11.9 Å². The highest BCUT2D eigenvalue weighted by Gasteiger charge is 2.25. The van der Waals surface area contributed by atoms with Crippen LogP contribution in [0.3, 0.4) is 0 Å². The first kappa shape index (κ1) is 27.7. The first-order valence-electron chi connectivity index (χ1n) is 11.7. The average Bonchev–Trinajstić information content (AvgIpc) is 3.31. The molecule has 0 saturated heterocycles. The number of methoxy groups -OCH3 is 2. The molecule has 0 radical (unpaired) electrons. The van der Waals surface area contributed by atoms with Crippen LogP contribution < -0.4 is 35.3 Å². The number of aromatic nitrogens is 2. The van der Waals surface area contributed by atoms with Crippen LogP contribution >= 0.6 is 0 Å². The van der Waals surface area contributed by atoms with Crippen LogP contribution in [0.1, 0.15) is 23.0 Å². The number of nitrogens with two attached hydrogens (primary N) is 1. The number of ether oxygens (including phenoxy) is 3. The number of aryl methyl sites for hydroxylation is 1. The maximum Gasteiger partial charge on any atom is 0.291 e. The fraction of sp³-hybridized carbons (Fsp3) is 0.360. The van der Waals surface area contributed by atoms with E-state index < -0.39 is 14.0 Å². The summed E-state index contributed by atoms with van der Waals surface area (Å²) >= 11 is 0. The normalized spacial score (nSPS) is 11.1. The van der Waals surface area contributed by atoms with Crippen molar-refractivity contribution >= 4 is 36.7 Å². The van der Waals surface area contributed by atoms with Gasteiger partial charge in [-0.05, 0) is 24.6 Å². The summed E-state index contributed by atoms with van der Waals surface area (Å²) < 4.78 is 22.3. The first-order chi connectivity index (χ1) is 17.5. The van der Waals surface area contributed by atoms with Gasteiger partial charge in [0, 0.05) is 26.1 Å². The van der Waals surface area contributed by atoms with E-state index in [9.17, 15) is 9.59 Å². The van der Waals surface area contributed by atoms with Crippen molar-refractivity contribution in [3.8, 4) is 23.5 Å². The van der Waals surface area contributed by atoms with E-state index in [0.717, 1.165) is 5.56 Å². The van der Waals surface area contributed by atoms with Crippen LogP contribution in [0.5, 0.6) is 23.5 Å². The van der Waals surface area contributed by atoms with Crippen LogP contribution in [0.4, 0.5) is 11.6 Å². The van der Waals surface area contributed by atoms with Gasteiger partial charge in [-0.25, -0.2) is 0 Å². The van der Waals surface area contributed by atoms with E-state index in [1.54, 1.807) is 6.07 Å². The molecule has 198 valence electrons. The van der Waals surface area contributed by atoms with Crippen molar-refractivity contribution in [3.05, 3.63) is 41.7 Å². The Morgan fingerprint density at radius 3 is 2.27 bits per heavy atom. The number of nitrogens with one attached hydrogen (secondary N) is 1. The van der Waals surface area contributed by atoms with Gasteiger partial charge in [-0.1, -0.05) is 37.0 Å². The Labute approximate surface area is 216 Å². The summed E-state index contributed by atoms with van der Waals surface area (Å²) in [4.78, 5) is 34.8. The lowest BCUT2D eigenvalue weighted by molar-refractivity contribution is -0.116. The Bertz CT molecular complexity index is 1260. The molecule has 0 aliphatic carbocycles. The molecule has 11 nitrogen and oxygen atoms in total. The summed E-state index contributed by atoms with van der Waals surface area (Å²) in [6.45, 7) is 10.5. The minimum Gasteiger partial charge on any atom is -0.479 e. The molecule has 0 fully saturated rings. The van der Waals surface area contributed by atoms with Crippen molar-refractivity contribution in [2.75, 3.05) is 37.5 Å². The van der Waals surface area contributed by atoms with E-state index >= 15 is 0 Å². The minimum absolute atomic E-state index is 0.000266. The molecule has 3 rings (SSSR count). The molecule has 2 aromatic heterocycles. The number of nitrogens with zero attached hydrogens (tertiary/aromatic N) is 3. The molecule has 3 N–H and O–H groups in total. The lowest BCUT2D eigenvalue weighted by Gasteiger charge is -2.20. The van der Waals surface area contributed by atoms with Gasteiger partial charge < -0.3 is 29.7 Å². The predicted octanol–water partition coefficient (Wildman–Crippen LogP) is 3.30. The van der Waals surface area contributed by atoms with Gasteiger partial charge in [-0.2, -0.15) is 9.97 Å². The molecule has 37 heavy (non-hydrogen) atoms. The van der Waals surface area contributed by atoms with Gasteiger partial charge in [0.2, 0.25) is 23.6 Å². The van der Waals surface area contributed by atoms with Crippen LogP contribution in [-0.2, 0) is 4.79 Å². The smallest absolute Gasteiger partial charge is 0.291 e. The van der Waals surface area contributed by atoms with Crippen molar-refractivity contribution in [3.63, 3.8) is 0 Å². The molecule has 0 spiro atoms. The molecule has 0 aliphatic rings. The number of rotatable bonds is 10. The second kappa shape index (κ2) is 11.4. The van der Waals surface area contributed by atoms with Crippen LogP contribution in [0.25, 0.3) is 0 Å². The number of amides is 2. The molecule has 0 aliphatic heterocycles. The van der Waals surface area contributed by atoms with Crippen LogP contribution in [0.15, 0.2) is 34.7 Å². The van der Waals surface area contributed by atoms with Crippen molar-refractivity contribution in [1.29, 1.82) is 0 Å².